The molecule has 154 valence electrons. The Labute approximate surface area is 180 Å². The minimum absolute atomic E-state index is 0.00148. The number of hydrogen-bond acceptors (Lipinski definition) is 0. The van der Waals surface area contributed by atoms with Crippen molar-refractivity contribution in [2.24, 2.45) is 5.92 Å². The zero-order valence-corrected chi connectivity index (χ0v) is 18.5. The Bertz CT molecular complexity index is 778. The Balaban J connectivity index is 2.58. The fourth-order valence-electron chi connectivity index (χ4n) is 3.91. The highest BCUT2D eigenvalue weighted by Crippen LogP contribution is 2.50. The molecule has 0 aliphatic carbocycles. The summed E-state index contributed by atoms with van der Waals surface area (Å²) in [5.41, 5.74) is 0.280. The lowest BCUT2D eigenvalue weighted by atomic mass is 9.69. The first-order valence-corrected chi connectivity index (χ1v) is 10.2. The molecule has 0 aliphatic heterocycles. The molecule has 0 N–H and O–H groups in total. The van der Waals surface area contributed by atoms with Gasteiger partial charge < -0.3 is 0 Å². The molecule has 2 rings (SSSR count). The average Bonchev–Trinajstić information content (AvgIpc) is 2.53. The maximum Gasteiger partial charge on any atom is 0.396 e. The van der Waals surface area contributed by atoms with Crippen LogP contribution in [-0.4, -0.2) is 9.97 Å². The Hall–Kier alpha value is -0.900. The highest BCUT2D eigenvalue weighted by molar-refractivity contribution is 6.68. The molecule has 2 aromatic carbocycles. The quantitative estimate of drug-likeness (QED) is 0.400. The first kappa shape index (κ1) is 23.4. The van der Waals surface area contributed by atoms with Gasteiger partial charge in [0.2, 0.25) is 0 Å². The van der Waals surface area contributed by atoms with Gasteiger partial charge in [0, 0.05) is 11.3 Å². The predicted molar refractivity (Wildman–Crippen MR) is 113 cm³/mol. The zero-order valence-electron chi connectivity index (χ0n) is 16.2. The molecule has 6 heteroatoms. The van der Waals surface area contributed by atoms with Crippen LogP contribution in [0.3, 0.4) is 0 Å². The highest BCUT2D eigenvalue weighted by atomic mass is 35.6. The SMILES string of the molecule is CC(C)C(c1cccc(C(C)(C)C(c2ccccc2)C(F)(F)F)c1)C(Cl)(Cl)Cl. The van der Waals surface area contributed by atoms with E-state index in [4.69, 9.17) is 34.8 Å². The van der Waals surface area contributed by atoms with Crippen molar-refractivity contribution >= 4 is 34.8 Å². The molecule has 0 heterocycles. The molecule has 0 spiro atoms. The third kappa shape index (κ3) is 5.17. The van der Waals surface area contributed by atoms with E-state index in [1.807, 2.05) is 13.8 Å². The van der Waals surface area contributed by atoms with E-state index in [1.165, 1.54) is 12.1 Å². The fraction of sp³-hybridized carbons (Fsp3) is 0.455. The van der Waals surface area contributed by atoms with Gasteiger partial charge in [-0.05, 0) is 22.6 Å². The Kier molecular flexibility index (Phi) is 7.06. The first-order chi connectivity index (χ1) is 12.8. The summed E-state index contributed by atoms with van der Waals surface area (Å²) in [7, 11) is 0. The van der Waals surface area contributed by atoms with Crippen molar-refractivity contribution in [3.8, 4) is 0 Å². The topological polar surface area (TPSA) is 0 Å². The minimum Gasteiger partial charge on any atom is -0.170 e. The molecule has 0 amide bonds. The molecular weight excluding hydrogens is 428 g/mol. The van der Waals surface area contributed by atoms with Crippen LogP contribution < -0.4 is 0 Å². The van der Waals surface area contributed by atoms with E-state index in [-0.39, 0.29) is 11.5 Å². The Morgan fingerprint density at radius 2 is 1.32 bits per heavy atom. The van der Waals surface area contributed by atoms with E-state index in [9.17, 15) is 13.2 Å². The molecule has 0 nitrogen and oxygen atoms in total. The largest absolute Gasteiger partial charge is 0.396 e. The molecule has 0 saturated carbocycles. The minimum atomic E-state index is -4.41. The molecule has 0 fully saturated rings. The van der Waals surface area contributed by atoms with Gasteiger partial charge in [-0.1, -0.05) is 117 Å². The second kappa shape index (κ2) is 8.45. The van der Waals surface area contributed by atoms with Crippen molar-refractivity contribution in [1.29, 1.82) is 0 Å². The van der Waals surface area contributed by atoms with Crippen LogP contribution in [0.15, 0.2) is 54.6 Å². The third-order valence-corrected chi connectivity index (χ3v) is 5.90. The van der Waals surface area contributed by atoms with Crippen LogP contribution in [0, 0.1) is 5.92 Å². The molecule has 0 aliphatic rings. The second-order valence-corrected chi connectivity index (χ2v) is 10.4. The first-order valence-electron chi connectivity index (χ1n) is 9.05. The molecular formula is C22H24Cl3F3. The molecule has 0 aromatic heterocycles. The molecule has 2 aromatic rings. The maximum absolute atomic E-state index is 14.1. The lowest BCUT2D eigenvalue weighted by molar-refractivity contribution is -0.164. The predicted octanol–water partition coefficient (Wildman–Crippen LogP) is 8.42. The second-order valence-electron chi connectivity index (χ2n) is 8.00. The van der Waals surface area contributed by atoms with Crippen molar-refractivity contribution in [2.75, 3.05) is 0 Å². The van der Waals surface area contributed by atoms with Gasteiger partial charge >= 0.3 is 6.18 Å². The molecule has 0 radical (unpaired) electrons. The zero-order chi connectivity index (χ0) is 21.3. The smallest absolute Gasteiger partial charge is 0.170 e. The molecule has 0 saturated heterocycles. The molecule has 0 bridgehead atoms. The van der Waals surface area contributed by atoms with E-state index < -0.39 is 27.2 Å². The summed E-state index contributed by atoms with van der Waals surface area (Å²) in [6.45, 7) is 7.06. The fourth-order valence-corrected chi connectivity index (χ4v) is 5.05. The summed E-state index contributed by atoms with van der Waals surface area (Å²) >= 11 is 18.5. The van der Waals surface area contributed by atoms with Crippen molar-refractivity contribution < 1.29 is 13.2 Å². The molecule has 28 heavy (non-hydrogen) atoms. The number of hydrogen-bond donors (Lipinski definition) is 0. The summed E-state index contributed by atoms with van der Waals surface area (Å²) in [6, 6.07) is 15.0. The Morgan fingerprint density at radius 1 is 0.786 bits per heavy atom. The number of halogens is 6. The summed E-state index contributed by atoms with van der Waals surface area (Å²) in [4.78, 5) is 0. The van der Waals surface area contributed by atoms with E-state index in [1.54, 1.807) is 56.3 Å². The number of benzene rings is 2. The summed E-state index contributed by atoms with van der Waals surface area (Å²) in [5.74, 6) is -2.10. The van der Waals surface area contributed by atoms with Gasteiger partial charge in [0.15, 0.2) is 3.79 Å². The van der Waals surface area contributed by atoms with Crippen LogP contribution in [-0.2, 0) is 5.41 Å². The van der Waals surface area contributed by atoms with E-state index in [0.717, 1.165) is 5.56 Å². The summed E-state index contributed by atoms with van der Waals surface area (Å²) < 4.78 is 40.7. The van der Waals surface area contributed by atoms with E-state index >= 15 is 0 Å². The normalized spacial score (nSPS) is 15.5. The van der Waals surface area contributed by atoms with Gasteiger partial charge in [-0.2, -0.15) is 13.2 Å². The van der Waals surface area contributed by atoms with Crippen molar-refractivity contribution in [1.82, 2.24) is 0 Å². The highest BCUT2D eigenvalue weighted by Gasteiger charge is 2.50. The van der Waals surface area contributed by atoms with Crippen LogP contribution in [0.4, 0.5) is 13.2 Å². The molecule has 2 atom stereocenters. The maximum atomic E-state index is 14.1. The van der Waals surface area contributed by atoms with Crippen LogP contribution in [0.1, 0.15) is 56.2 Å². The monoisotopic (exact) mass is 450 g/mol. The van der Waals surface area contributed by atoms with Gasteiger partial charge in [0.1, 0.15) is 0 Å². The van der Waals surface area contributed by atoms with Gasteiger partial charge in [-0.15, -0.1) is 0 Å². The molecule has 2 unspecified atom stereocenters. The summed E-state index contributed by atoms with van der Waals surface area (Å²) in [5, 5.41) is 0. The van der Waals surface area contributed by atoms with Crippen LogP contribution >= 0.6 is 34.8 Å². The standard InChI is InChI=1S/C22H24Cl3F3/c1-14(2)18(21(23,24)25)16-11-8-12-17(13-16)20(3,4)19(22(26,27)28)15-9-6-5-7-10-15/h5-14,18-19H,1-4H3. The lowest BCUT2D eigenvalue weighted by Crippen LogP contribution is -2.37. The van der Waals surface area contributed by atoms with Crippen LogP contribution in [0.2, 0.25) is 0 Å². The van der Waals surface area contributed by atoms with Crippen molar-refractivity contribution in [3.05, 3.63) is 71.3 Å². The van der Waals surface area contributed by atoms with E-state index in [0.29, 0.717) is 5.56 Å². The Morgan fingerprint density at radius 3 is 1.79 bits per heavy atom. The average molecular weight is 452 g/mol. The van der Waals surface area contributed by atoms with Crippen molar-refractivity contribution in [2.45, 2.75) is 54.9 Å². The number of alkyl halides is 6. The van der Waals surface area contributed by atoms with Crippen LogP contribution in [0.5, 0.6) is 0 Å². The van der Waals surface area contributed by atoms with Gasteiger partial charge in [0.05, 0.1) is 5.92 Å². The third-order valence-electron chi connectivity index (χ3n) is 5.19. The van der Waals surface area contributed by atoms with E-state index in [2.05, 4.69) is 0 Å². The van der Waals surface area contributed by atoms with Gasteiger partial charge in [0.25, 0.3) is 0 Å². The lowest BCUT2D eigenvalue weighted by Gasteiger charge is -2.37. The van der Waals surface area contributed by atoms with Gasteiger partial charge in [-0.3, -0.25) is 0 Å². The number of rotatable bonds is 5. The summed E-state index contributed by atoms with van der Waals surface area (Å²) in [6.07, 6.45) is -4.41. The van der Waals surface area contributed by atoms with Crippen LogP contribution in [0.25, 0.3) is 0 Å². The van der Waals surface area contributed by atoms with Crippen molar-refractivity contribution in [3.63, 3.8) is 0 Å². The van der Waals surface area contributed by atoms with Gasteiger partial charge in [-0.25, -0.2) is 0 Å².